The van der Waals surface area contributed by atoms with E-state index in [4.69, 9.17) is 4.74 Å². The van der Waals surface area contributed by atoms with Crippen molar-refractivity contribution in [2.45, 2.75) is 13.3 Å². The number of rotatable bonds is 5. The van der Waals surface area contributed by atoms with E-state index in [0.717, 1.165) is 28.8 Å². The molecule has 4 rings (SSSR count). The Morgan fingerprint density at radius 1 is 0.778 bits per heavy atom. The fraction of sp³-hybridized carbons (Fsp3) is 0.0909. The average Bonchev–Trinajstić information content (AvgIpc) is 2.75. The van der Waals surface area contributed by atoms with Crippen molar-refractivity contribution in [3.63, 3.8) is 0 Å². The molecule has 3 heterocycles. The number of aryl methyl sites for hydroxylation is 1. The first-order chi connectivity index (χ1) is 13.3. The molecule has 0 aliphatic rings. The molecule has 132 valence electrons. The largest absolute Gasteiger partial charge is 0.437 e. The Hall–Kier alpha value is -3.60. The minimum atomic E-state index is 0.501. The van der Waals surface area contributed by atoms with Crippen LogP contribution in [-0.4, -0.2) is 19.9 Å². The second-order valence-electron chi connectivity index (χ2n) is 5.99. The van der Waals surface area contributed by atoms with Gasteiger partial charge in [0.15, 0.2) is 5.82 Å². The van der Waals surface area contributed by atoms with Crippen LogP contribution in [0, 0.1) is 0 Å². The van der Waals surface area contributed by atoms with Crippen molar-refractivity contribution >= 4 is 0 Å². The summed E-state index contributed by atoms with van der Waals surface area (Å²) in [6.45, 7) is 2.06. The van der Waals surface area contributed by atoms with Gasteiger partial charge in [-0.05, 0) is 30.2 Å². The third kappa shape index (κ3) is 3.98. The molecule has 3 aromatic heterocycles. The second-order valence-corrected chi connectivity index (χ2v) is 5.99. The first-order valence-corrected chi connectivity index (χ1v) is 8.78. The van der Waals surface area contributed by atoms with Crippen LogP contribution in [-0.2, 0) is 6.42 Å². The molecule has 0 spiro atoms. The number of ether oxygens (including phenoxy) is 1. The molecule has 1 aromatic carbocycles. The first-order valence-electron chi connectivity index (χ1n) is 8.78. The van der Waals surface area contributed by atoms with Gasteiger partial charge in [0.2, 0.25) is 5.88 Å². The summed E-state index contributed by atoms with van der Waals surface area (Å²) in [6.07, 6.45) is 7.75. The third-order valence-corrected chi connectivity index (χ3v) is 4.10. The van der Waals surface area contributed by atoms with Crippen LogP contribution in [0.3, 0.4) is 0 Å². The van der Waals surface area contributed by atoms with Gasteiger partial charge in [0.05, 0.1) is 6.20 Å². The fourth-order valence-corrected chi connectivity index (χ4v) is 2.72. The van der Waals surface area contributed by atoms with Crippen LogP contribution in [0.2, 0.25) is 0 Å². The standard InChI is InChI=1S/C22H18N4O/c1-2-19-13-21(26-22(25-19)17-8-10-23-11-9-17)27-20-12-18(14-24-15-20)16-6-4-3-5-7-16/h3-15H,2H2,1H3. The topological polar surface area (TPSA) is 60.8 Å². The monoisotopic (exact) mass is 354 g/mol. The minimum Gasteiger partial charge on any atom is -0.437 e. The average molecular weight is 354 g/mol. The fourth-order valence-electron chi connectivity index (χ4n) is 2.72. The lowest BCUT2D eigenvalue weighted by Crippen LogP contribution is -1.98. The molecule has 0 unspecified atom stereocenters. The van der Waals surface area contributed by atoms with Crippen molar-refractivity contribution in [3.05, 3.63) is 85.1 Å². The van der Waals surface area contributed by atoms with Crippen LogP contribution < -0.4 is 4.74 Å². The number of hydrogen-bond acceptors (Lipinski definition) is 5. The molecule has 0 fully saturated rings. The van der Waals surface area contributed by atoms with Crippen LogP contribution >= 0.6 is 0 Å². The van der Waals surface area contributed by atoms with Crippen molar-refractivity contribution in [2.24, 2.45) is 0 Å². The second kappa shape index (κ2) is 7.74. The Morgan fingerprint density at radius 2 is 1.59 bits per heavy atom. The van der Waals surface area contributed by atoms with E-state index >= 15 is 0 Å². The highest BCUT2D eigenvalue weighted by Crippen LogP contribution is 2.27. The van der Waals surface area contributed by atoms with Gasteiger partial charge in [-0.2, -0.15) is 4.98 Å². The first kappa shape index (κ1) is 16.8. The predicted octanol–water partition coefficient (Wildman–Crippen LogP) is 4.96. The molecule has 0 saturated heterocycles. The highest BCUT2D eigenvalue weighted by molar-refractivity contribution is 5.63. The Morgan fingerprint density at radius 3 is 2.37 bits per heavy atom. The van der Waals surface area contributed by atoms with Crippen LogP contribution in [0.1, 0.15) is 12.6 Å². The van der Waals surface area contributed by atoms with Crippen LogP contribution in [0.15, 0.2) is 79.4 Å². The summed E-state index contributed by atoms with van der Waals surface area (Å²) in [6, 6.07) is 17.7. The van der Waals surface area contributed by atoms with E-state index in [-0.39, 0.29) is 0 Å². The molecule has 0 N–H and O–H groups in total. The number of pyridine rings is 2. The molecule has 5 heteroatoms. The van der Waals surface area contributed by atoms with E-state index in [1.54, 1.807) is 18.6 Å². The molecule has 0 radical (unpaired) electrons. The number of nitrogens with zero attached hydrogens (tertiary/aromatic N) is 4. The maximum atomic E-state index is 6.02. The van der Waals surface area contributed by atoms with Gasteiger partial charge in [0.1, 0.15) is 5.75 Å². The zero-order valence-electron chi connectivity index (χ0n) is 14.9. The maximum absolute atomic E-state index is 6.02. The summed E-state index contributed by atoms with van der Waals surface area (Å²) >= 11 is 0. The number of aromatic nitrogens is 4. The smallest absolute Gasteiger partial charge is 0.223 e. The van der Waals surface area contributed by atoms with Crippen molar-refractivity contribution in [2.75, 3.05) is 0 Å². The quantitative estimate of drug-likeness (QED) is 0.507. The lowest BCUT2D eigenvalue weighted by molar-refractivity contribution is 0.459. The molecular weight excluding hydrogens is 336 g/mol. The summed E-state index contributed by atoms with van der Waals surface area (Å²) < 4.78 is 6.02. The van der Waals surface area contributed by atoms with Gasteiger partial charge in [0.25, 0.3) is 0 Å². The lowest BCUT2D eigenvalue weighted by Gasteiger charge is -2.09. The Labute approximate surface area is 157 Å². The van der Waals surface area contributed by atoms with Crippen molar-refractivity contribution in [3.8, 4) is 34.1 Å². The summed E-state index contributed by atoms with van der Waals surface area (Å²) in [5, 5.41) is 0. The normalized spacial score (nSPS) is 10.6. The molecule has 27 heavy (non-hydrogen) atoms. The molecule has 0 aliphatic heterocycles. The van der Waals surface area contributed by atoms with Gasteiger partial charge in [-0.3, -0.25) is 9.97 Å². The molecule has 0 atom stereocenters. The molecule has 0 amide bonds. The Balaban J connectivity index is 1.67. The van der Waals surface area contributed by atoms with Crippen molar-refractivity contribution in [1.82, 2.24) is 19.9 Å². The van der Waals surface area contributed by atoms with E-state index in [2.05, 4.69) is 26.9 Å². The molecule has 0 bridgehead atoms. The summed E-state index contributed by atoms with van der Waals surface area (Å²) in [4.78, 5) is 17.5. The van der Waals surface area contributed by atoms with Gasteiger partial charge in [0, 0.05) is 41.5 Å². The SMILES string of the molecule is CCc1cc(Oc2cncc(-c3ccccc3)c2)nc(-c2ccncc2)n1. The van der Waals surface area contributed by atoms with Gasteiger partial charge >= 0.3 is 0 Å². The van der Waals surface area contributed by atoms with E-state index < -0.39 is 0 Å². The van der Waals surface area contributed by atoms with E-state index in [1.165, 1.54) is 0 Å². The number of hydrogen-bond donors (Lipinski definition) is 0. The molecule has 5 nitrogen and oxygen atoms in total. The van der Waals surface area contributed by atoms with Gasteiger partial charge in [-0.1, -0.05) is 37.3 Å². The van der Waals surface area contributed by atoms with E-state index in [0.29, 0.717) is 17.5 Å². The highest BCUT2D eigenvalue weighted by Gasteiger charge is 2.09. The summed E-state index contributed by atoms with van der Waals surface area (Å²) in [5.41, 5.74) is 3.90. The summed E-state index contributed by atoms with van der Waals surface area (Å²) in [7, 11) is 0. The zero-order valence-corrected chi connectivity index (χ0v) is 14.9. The Kier molecular flexibility index (Phi) is 4.83. The van der Waals surface area contributed by atoms with Crippen molar-refractivity contribution < 1.29 is 4.74 Å². The highest BCUT2D eigenvalue weighted by atomic mass is 16.5. The Bertz CT molecular complexity index is 1040. The zero-order chi connectivity index (χ0) is 18.5. The third-order valence-electron chi connectivity index (χ3n) is 4.10. The van der Waals surface area contributed by atoms with Gasteiger partial charge in [-0.25, -0.2) is 4.98 Å². The molecular formula is C22H18N4O. The predicted molar refractivity (Wildman–Crippen MR) is 104 cm³/mol. The van der Waals surface area contributed by atoms with Crippen LogP contribution in [0.5, 0.6) is 11.6 Å². The number of benzene rings is 1. The van der Waals surface area contributed by atoms with Crippen molar-refractivity contribution in [1.29, 1.82) is 0 Å². The van der Waals surface area contributed by atoms with Crippen LogP contribution in [0.25, 0.3) is 22.5 Å². The van der Waals surface area contributed by atoms with E-state index in [1.807, 2.05) is 60.8 Å². The molecule has 0 aliphatic carbocycles. The lowest BCUT2D eigenvalue weighted by atomic mass is 10.1. The molecule has 4 aromatic rings. The van der Waals surface area contributed by atoms with E-state index in [9.17, 15) is 0 Å². The molecule has 0 saturated carbocycles. The van der Waals surface area contributed by atoms with Crippen LogP contribution in [0.4, 0.5) is 0 Å². The summed E-state index contributed by atoms with van der Waals surface area (Å²) in [5.74, 6) is 1.76. The van der Waals surface area contributed by atoms with Gasteiger partial charge in [-0.15, -0.1) is 0 Å². The minimum absolute atomic E-state index is 0.501. The van der Waals surface area contributed by atoms with Gasteiger partial charge < -0.3 is 4.74 Å². The maximum Gasteiger partial charge on any atom is 0.223 e.